The molecule has 3 nitrogen and oxygen atoms in total. The van der Waals surface area contributed by atoms with Crippen molar-refractivity contribution in [1.29, 1.82) is 0 Å². The highest BCUT2D eigenvalue weighted by Crippen LogP contribution is 2.00. The molecule has 3 N–H and O–H groups in total. The highest BCUT2D eigenvalue weighted by molar-refractivity contribution is 7.99. The van der Waals surface area contributed by atoms with Crippen LogP contribution in [0.5, 0.6) is 0 Å². The Labute approximate surface area is 58.6 Å². The minimum atomic E-state index is -0.352. The number of hydrogen-bond acceptors (Lipinski definition) is 3. The Balaban J connectivity index is 3.01. The third kappa shape index (κ3) is 7.78. The molecule has 0 aromatic carbocycles. The fraction of sp³-hybridized carbons (Fsp3) is 0.800. The number of thioether (sulfide) groups is 1. The first kappa shape index (κ1) is 8.78. The summed E-state index contributed by atoms with van der Waals surface area (Å²) in [4.78, 5) is 10.1. The number of aliphatic hydroxyl groups is 1. The molecule has 1 atom stereocenters. The molecule has 1 amide bonds. The van der Waals surface area contributed by atoms with Crippen molar-refractivity contribution in [2.45, 2.75) is 13.0 Å². The lowest BCUT2D eigenvalue weighted by Crippen LogP contribution is -2.15. The average Bonchev–Trinajstić information content (AvgIpc) is 1.63. The highest BCUT2D eigenvalue weighted by atomic mass is 32.2. The summed E-state index contributed by atoms with van der Waals surface area (Å²) in [5.41, 5.74) is 4.84. The maximum absolute atomic E-state index is 10.1. The van der Waals surface area contributed by atoms with E-state index in [1.54, 1.807) is 6.92 Å². The summed E-state index contributed by atoms with van der Waals surface area (Å²) >= 11 is 1.34. The van der Waals surface area contributed by atoms with E-state index in [2.05, 4.69) is 0 Å². The number of hydrogen-bond donors (Lipinski definition) is 2. The van der Waals surface area contributed by atoms with Gasteiger partial charge in [-0.15, -0.1) is 11.8 Å². The topological polar surface area (TPSA) is 63.3 Å². The number of rotatable bonds is 4. The van der Waals surface area contributed by atoms with Gasteiger partial charge in [0, 0.05) is 5.75 Å². The second kappa shape index (κ2) is 4.64. The fourth-order valence-electron chi connectivity index (χ4n) is 0.330. The van der Waals surface area contributed by atoms with Crippen LogP contribution in [-0.2, 0) is 4.79 Å². The fourth-order valence-corrected chi connectivity index (χ4v) is 0.990. The van der Waals surface area contributed by atoms with E-state index < -0.39 is 0 Å². The molecule has 9 heavy (non-hydrogen) atoms. The summed E-state index contributed by atoms with van der Waals surface area (Å²) in [7, 11) is 0. The van der Waals surface area contributed by atoms with Crippen molar-refractivity contribution in [1.82, 2.24) is 0 Å². The lowest BCUT2D eigenvalue weighted by Gasteiger charge is -1.99. The molecule has 0 rings (SSSR count). The van der Waals surface area contributed by atoms with E-state index in [1.165, 1.54) is 11.8 Å². The van der Waals surface area contributed by atoms with Gasteiger partial charge in [-0.3, -0.25) is 4.79 Å². The van der Waals surface area contributed by atoms with Crippen LogP contribution in [0.1, 0.15) is 6.92 Å². The minimum Gasteiger partial charge on any atom is -0.393 e. The predicted molar refractivity (Wildman–Crippen MR) is 38.2 cm³/mol. The molecule has 0 fully saturated rings. The van der Waals surface area contributed by atoms with Gasteiger partial charge in [-0.1, -0.05) is 0 Å². The largest absolute Gasteiger partial charge is 0.393 e. The normalized spacial score (nSPS) is 13.1. The lowest BCUT2D eigenvalue weighted by molar-refractivity contribution is -0.115. The van der Waals surface area contributed by atoms with Gasteiger partial charge in [-0.25, -0.2) is 0 Å². The van der Waals surface area contributed by atoms with Crippen LogP contribution in [0.2, 0.25) is 0 Å². The van der Waals surface area contributed by atoms with Crippen molar-refractivity contribution < 1.29 is 9.90 Å². The van der Waals surface area contributed by atoms with Crippen LogP contribution in [0.25, 0.3) is 0 Å². The average molecular weight is 149 g/mol. The van der Waals surface area contributed by atoms with E-state index in [4.69, 9.17) is 10.8 Å². The van der Waals surface area contributed by atoms with E-state index >= 15 is 0 Å². The van der Waals surface area contributed by atoms with Gasteiger partial charge >= 0.3 is 0 Å². The van der Waals surface area contributed by atoms with E-state index in [0.29, 0.717) is 11.5 Å². The van der Waals surface area contributed by atoms with Crippen molar-refractivity contribution in [3.8, 4) is 0 Å². The molecule has 0 aromatic heterocycles. The SMILES string of the molecule is C[C@@H](O)CSCC(N)=O. The quantitative estimate of drug-likeness (QED) is 0.571. The van der Waals surface area contributed by atoms with Crippen LogP contribution < -0.4 is 5.73 Å². The second-order valence-electron chi connectivity index (χ2n) is 1.83. The van der Waals surface area contributed by atoms with E-state index in [1.807, 2.05) is 0 Å². The molecule has 0 aliphatic heterocycles. The predicted octanol–water partition coefficient (Wildman–Crippen LogP) is -0.414. The van der Waals surface area contributed by atoms with Crippen LogP contribution in [0, 0.1) is 0 Å². The molecule has 0 spiro atoms. The molecule has 54 valence electrons. The molecular formula is C5H11NO2S. The van der Waals surface area contributed by atoms with Crippen LogP contribution in [0.4, 0.5) is 0 Å². The van der Waals surface area contributed by atoms with Crippen molar-refractivity contribution in [3.05, 3.63) is 0 Å². The van der Waals surface area contributed by atoms with Gasteiger partial charge in [0.1, 0.15) is 0 Å². The zero-order valence-corrected chi connectivity index (χ0v) is 6.15. The smallest absolute Gasteiger partial charge is 0.227 e. The summed E-state index contributed by atoms with van der Waals surface area (Å²) in [6.45, 7) is 1.67. The van der Waals surface area contributed by atoms with Gasteiger partial charge in [0.2, 0.25) is 5.91 Å². The Morgan fingerprint density at radius 3 is 2.78 bits per heavy atom. The molecule has 0 unspecified atom stereocenters. The van der Waals surface area contributed by atoms with Crippen molar-refractivity contribution in [2.24, 2.45) is 5.73 Å². The van der Waals surface area contributed by atoms with E-state index in [-0.39, 0.29) is 12.0 Å². The number of carbonyl (C=O) groups is 1. The third-order valence-electron chi connectivity index (χ3n) is 0.603. The Hall–Kier alpha value is -0.220. The molecule has 0 heterocycles. The number of aliphatic hydroxyl groups excluding tert-OH is 1. The van der Waals surface area contributed by atoms with E-state index in [9.17, 15) is 4.79 Å². The van der Waals surface area contributed by atoms with Crippen molar-refractivity contribution >= 4 is 17.7 Å². The van der Waals surface area contributed by atoms with Crippen LogP contribution >= 0.6 is 11.8 Å². The molecule has 0 radical (unpaired) electrons. The second-order valence-corrected chi connectivity index (χ2v) is 2.86. The first-order valence-electron chi connectivity index (χ1n) is 2.67. The van der Waals surface area contributed by atoms with Crippen molar-refractivity contribution in [3.63, 3.8) is 0 Å². The van der Waals surface area contributed by atoms with Gasteiger partial charge < -0.3 is 10.8 Å². The number of primary amides is 1. The summed E-state index contributed by atoms with van der Waals surface area (Å²) in [5, 5.41) is 8.69. The zero-order valence-electron chi connectivity index (χ0n) is 5.33. The molecule has 0 aliphatic carbocycles. The molecule has 0 saturated carbocycles. The van der Waals surface area contributed by atoms with Crippen LogP contribution in [0.15, 0.2) is 0 Å². The Bertz CT molecular complexity index is 95.0. The Morgan fingerprint density at radius 2 is 2.44 bits per heavy atom. The monoisotopic (exact) mass is 149 g/mol. The number of nitrogens with two attached hydrogens (primary N) is 1. The minimum absolute atomic E-state index is 0.297. The first-order valence-corrected chi connectivity index (χ1v) is 3.82. The maximum atomic E-state index is 10.1. The van der Waals surface area contributed by atoms with Crippen molar-refractivity contribution in [2.75, 3.05) is 11.5 Å². The third-order valence-corrected chi connectivity index (χ3v) is 1.81. The Kier molecular flexibility index (Phi) is 4.53. The molecule has 0 saturated heterocycles. The molecule has 4 heteroatoms. The van der Waals surface area contributed by atoms with Gasteiger partial charge in [0.05, 0.1) is 11.9 Å². The summed E-state index contributed by atoms with van der Waals surface area (Å²) in [6.07, 6.45) is -0.352. The zero-order chi connectivity index (χ0) is 7.28. The van der Waals surface area contributed by atoms with Crippen LogP contribution in [-0.4, -0.2) is 28.6 Å². The summed E-state index contributed by atoms with van der Waals surface area (Å²) < 4.78 is 0. The lowest BCUT2D eigenvalue weighted by atomic mass is 10.5. The summed E-state index contributed by atoms with van der Waals surface area (Å²) in [5.74, 6) is 0.536. The van der Waals surface area contributed by atoms with Crippen LogP contribution in [0.3, 0.4) is 0 Å². The number of carbonyl (C=O) groups excluding carboxylic acids is 1. The molecular weight excluding hydrogens is 138 g/mol. The Morgan fingerprint density at radius 1 is 1.89 bits per heavy atom. The first-order chi connectivity index (χ1) is 4.13. The molecule has 0 aliphatic rings. The van der Waals surface area contributed by atoms with Gasteiger partial charge in [0.25, 0.3) is 0 Å². The highest BCUT2D eigenvalue weighted by Gasteiger charge is 1.97. The molecule has 0 aromatic rings. The maximum Gasteiger partial charge on any atom is 0.227 e. The summed E-state index contributed by atoms with van der Waals surface area (Å²) in [6, 6.07) is 0. The molecule has 0 bridgehead atoms. The van der Waals surface area contributed by atoms with Gasteiger partial charge in [-0.05, 0) is 6.92 Å². The van der Waals surface area contributed by atoms with E-state index in [0.717, 1.165) is 0 Å². The standard InChI is InChI=1S/C5H11NO2S/c1-4(7)2-9-3-5(6)8/h4,7H,2-3H2,1H3,(H2,6,8)/t4-/m1/s1. The van der Waals surface area contributed by atoms with Gasteiger partial charge in [0.15, 0.2) is 0 Å². The number of amides is 1. The van der Waals surface area contributed by atoms with Gasteiger partial charge in [-0.2, -0.15) is 0 Å².